The molecule has 2 aromatic heterocycles. The van der Waals surface area contributed by atoms with Gasteiger partial charge >= 0.3 is 0 Å². The molecule has 202 valence electrons. The van der Waals surface area contributed by atoms with Crippen molar-refractivity contribution in [3.05, 3.63) is 93.4 Å². The molecule has 1 aliphatic rings. The number of amides is 1. The highest BCUT2D eigenvalue weighted by Crippen LogP contribution is 2.25. The Labute approximate surface area is 229 Å². The summed E-state index contributed by atoms with van der Waals surface area (Å²) >= 11 is 0. The van der Waals surface area contributed by atoms with Crippen LogP contribution in [0.25, 0.3) is 16.7 Å². The lowest BCUT2D eigenvalue weighted by Crippen LogP contribution is -2.32. The molecule has 3 heterocycles. The summed E-state index contributed by atoms with van der Waals surface area (Å²) in [5.41, 5.74) is 5.12. The van der Waals surface area contributed by atoms with E-state index in [1.165, 1.54) is 36.8 Å². The van der Waals surface area contributed by atoms with Gasteiger partial charge in [0.2, 0.25) is 5.95 Å². The first kappa shape index (κ1) is 26.6. The van der Waals surface area contributed by atoms with E-state index in [9.17, 15) is 9.59 Å². The Morgan fingerprint density at radius 1 is 0.897 bits per heavy atom. The minimum absolute atomic E-state index is 0.0915. The van der Waals surface area contributed by atoms with E-state index in [2.05, 4.69) is 41.4 Å². The molecule has 1 N–H and O–H groups in total. The average molecular weight is 524 g/mol. The van der Waals surface area contributed by atoms with Gasteiger partial charge in [-0.05, 0) is 61.2 Å². The van der Waals surface area contributed by atoms with E-state index in [1.54, 1.807) is 28.8 Å². The molecule has 1 amide bonds. The molecule has 5 rings (SSSR count). The van der Waals surface area contributed by atoms with E-state index < -0.39 is 0 Å². The molecule has 0 aliphatic carbocycles. The van der Waals surface area contributed by atoms with Crippen LogP contribution in [0.3, 0.4) is 0 Å². The minimum atomic E-state index is -0.171. The van der Waals surface area contributed by atoms with Gasteiger partial charge in [-0.1, -0.05) is 63.3 Å². The topological polar surface area (TPSA) is 80.1 Å². The number of carbonyl (C=O) groups is 1. The molecular weight excluding hydrogens is 486 g/mol. The Hall–Kier alpha value is -4.00. The summed E-state index contributed by atoms with van der Waals surface area (Å²) in [6, 6.07) is 19.0. The summed E-state index contributed by atoms with van der Waals surface area (Å²) in [4.78, 5) is 37.6. The van der Waals surface area contributed by atoms with Crippen LogP contribution in [0.2, 0.25) is 0 Å². The van der Waals surface area contributed by atoms with Gasteiger partial charge in [0.1, 0.15) is 0 Å². The van der Waals surface area contributed by atoms with E-state index >= 15 is 0 Å². The molecule has 2 aromatic carbocycles. The van der Waals surface area contributed by atoms with Gasteiger partial charge in [-0.15, -0.1) is 0 Å². The lowest BCUT2D eigenvalue weighted by Gasteiger charge is -2.29. The van der Waals surface area contributed by atoms with E-state index in [1.807, 2.05) is 19.1 Å². The quantitative estimate of drug-likeness (QED) is 0.268. The van der Waals surface area contributed by atoms with E-state index in [-0.39, 0.29) is 11.5 Å². The Bertz CT molecular complexity index is 1510. The van der Waals surface area contributed by atoms with Crippen LogP contribution in [-0.2, 0) is 13.0 Å². The fourth-order valence-electron chi connectivity index (χ4n) is 5.28. The van der Waals surface area contributed by atoms with Crippen LogP contribution in [0.5, 0.6) is 0 Å². The number of aromatic nitrogens is 3. The van der Waals surface area contributed by atoms with Gasteiger partial charge in [0.25, 0.3) is 11.5 Å². The Kier molecular flexibility index (Phi) is 8.35. The number of nitrogens with zero attached hydrogens (tertiary/aromatic N) is 4. The van der Waals surface area contributed by atoms with Crippen molar-refractivity contribution in [3.8, 4) is 5.69 Å². The predicted octanol–water partition coefficient (Wildman–Crippen LogP) is 5.74. The number of unbranched alkanes of at least 4 members (excludes halogenated alkanes) is 5. The predicted molar refractivity (Wildman–Crippen MR) is 157 cm³/mol. The van der Waals surface area contributed by atoms with Crippen LogP contribution in [0, 0.1) is 6.92 Å². The van der Waals surface area contributed by atoms with E-state index in [0.29, 0.717) is 29.4 Å². The van der Waals surface area contributed by atoms with E-state index in [0.717, 1.165) is 43.4 Å². The molecule has 4 aromatic rings. The average Bonchev–Trinajstić information content (AvgIpc) is 2.96. The number of nitrogens with one attached hydrogen (secondary N) is 1. The maximum absolute atomic E-state index is 13.1. The van der Waals surface area contributed by atoms with Gasteiger partial charge in [-0.2, -0.15) is 4.98 Å². The number of hydrogen-bond acceptors (Lipinski definition) is 5. The largest absolute Gasteiger partial charge is 0.352 e. The highest BCUT2D eigenvalue weighted by atomic mass is 16.1. The zero-order valence-electron chi connectivity index (χ0n) is 22.9. The molecular formula is C32H37N5O2. The van der Waals surface area contributed by atoms with Crippen molar-refractivity contribution in [2.24, 2.45) is 0 Å². The number of anilines is 1. The third-order valence-corrected chi connectivity index (χ3v) is 7.55. The summed E-state index contributed by atoms with van der Waals surface area (Å²) in [5, 5.41) is 3.84. The molecule has 0 unspecified atom stereocenters. The molecule has 0 fully saturated rings. The summed E-state index contributed by atoms with van der Waals surface area (Å²) < 4.78 is 1.61. The number of rotatable bonds is 10. The zero-order valence-corrected chi connectivity index (χ0v) is 22.9. The van der Waals surface area contributed by atoms with Crippen LogP contribution in [0.15, 0.2) is 65.5 Å². The van der Waals surface area contributed by atoms with E-state index in [4.69, 9.17) is 9.97 Å². The molecule has 0 bridgehead atoms. The van der Waals surface area contributed by atoms with Crippen molar-refractivity contribution in [2.45, 2.75) is 65.3 Å². The molecule has 7 heteroatoms. The van der Waals surface area contributed by atoms with Crippen LogP contribution in [0.4, 0.5) is 5.95 Å². The smallest absolute Gasteiger partial charge is 0.256 e. The highest BCUT2D eigenvalue weighted by molar-refractivity contribution is 5.94. The standard InChI is InChI=1S/C32H37N5O2/c1-3-4-5-6-7-10-20-33-31(39)25-13-15-27(16-14-25)37-29(38)18-17-28-23(2)34-32(35-30(28)37)36-21-19-24-11-8-9-12-26(24)22-36/h8-9,11-18H,3-7,10,19-22H2,1-2H3,(H,33,39). The highest BCUT2D eigenvalue weighted by Gasteiger charge is 2.20. The maximum Gasteiger partial charge on any atom is 0.256 e. The second-order valence-corrected chi connectivity index (χ2v) is 10.4. The number of pyridine rings is 1. The van der Waals surface area contributed by atoms with Gasteiger partial charge in [-0.25, -0.2) is 4.98 Å². The number of benzene rings is 2. The monoisotopic (exact) mass is 523 g/mol. The minimum Gasteiger partial charge on any atom is -0.352 e. The molecule has 0 radical (unpaired) electrons. The van der Waals surface area contributed by atoms with Gasteiger partial charge in [0.15, 0.2) is 5.65 Å². The van der Waals surface area contributed by atoms with Crippen molar-refractivity contribution in [1.29, 1.82) is 0 Å². The fraction of sp³-hybridized carbons (Fsp3) is 0.375. The van der Waals surface area contributed by atoms with Crippen LogP contribution in [0.1, 0.15) is 72.6 Å². The van der Waals surface area contributed by atoms with Gasteiger partial charge < -0.3 is 10.2 Å². The lowest BCUT2D eigenvalue weighted by molar-refractivity contribution is 0.0953. The first-order valence-electron chi connectivity index (χ1n) is 14.2. The van der Waals surface area contributed by atoms with Crippen molar-refractivity contribution in [2.75, 3.05) is 18.0 Å². The molecule has 0 saturated carbocycles. The zero-order chi connectivity index (χ0) is 27.2. The SMILES string of the molecule is CCCCCCCCNC(=O)c1ccc(-n2c(=O)ccc3c(C)nc(N4CCc5ccccc5C4)nc32)cc1. The number of hydrogen-bond donors (Lipinski definition) is 1. The first-order chi connectivity index (χ1) is 19.0. The summed E-state index contributed by atoms with van der Waals surface area (Å²) in [5.74, 6) is 0.533. The van der Waals surface area contributed by atoms with Crippen molar-refractivity contribution < 1.29 is 4.79 Å². The summed E-state index contributed by atoms with van der Waals surface area (Å²) in [6.07, 6.45) is 8.04. The van der Waals surface area contributed by atoms with Crippen molar-refractivity contribution >= 4 is 22.9 Å². The molecule has 0 spiro atoms. The third kappa shape index (κ3) is 6.03. The van der Waals surface area contributed by atoms with Crippen LogP contribution in [-0.4, -0.2) is 33.5 Å². The number of carbonyl (C=O) groups excluding carboxylic acids is 1. The van der Waals surface area contributed by atoms with Crippen LogP contribution < -0.4 is 15.8 Å². The maximum atomic E-state index is 13.1. The van der Waals surface area contributed by atoms with Gasteiger partial charge in [-0.3, -0.25) is 14.2 Å². The molecule has 7 nitrogen and oxygen atoms in total. The second kappa shape index (κ2) is 12.2. The number of aryl methyl sites for hydroxylation is 1. The Morgan fingerprint density at radius 2 is 1.64 bits per heavy atom. The van der Waals surface area contributed by atoms with Crippen molar-refractivity contribution in [3.63, 3.8) is 0 Å². The molecule has 0 atom stereocenters. The first-order valence-corrected chi connectivity index (χ1v) is 14.2. The summed E-state index contributed by atoms with van der Waals surface area (Å²) in [7, 11) is 0. The van der Waals surface area contributed by atoms with Gasteiger partial charge in [0, 0.05) is 36.7 Å². The normalized spacial score (nSPS) is 12.9. The fourth-order valence-corrected chi connectivity index (χ4v) is 5.28. The second-order valence-electron chi connectivity index (χ2n) is 10.4. The molecule has 1 aliphatic heterocycles. The summed E-state index contributed by atoms with van der Waals surface area (Å²) in [6.45, 7) is 6.40. The molecule has 39 heavy (non-hydrogen) atoms. The van der Waals surface area contributed by atoms with Crippen molar-refractivity contribution in [1.82, 2.24) is 19.9 Å². The van der Waals surface area contributed by atoms with Gasteiger partial charge in [0.05, 0.1) is 11.4 Å². The number of fused-ring (bicyclic) bond motifs is 2. The Balaban J connectivity index is 1.36. The Morgan fingerprint density at radius 3 is 2.44 bits per heavy atom. The lowest BCUT2D eigenvalue weighted by atomic mass is 10.0. The third-order valence-electron chi connectivity index (χ3n) is 7.55. The molecule has 0 saturated heterocycles. The van der Waals surface area contributed by atoms with Crippen LogP contribution >= 0.6 is 0 Å².